The lowest BCUT2D eigenvalue weighted by molar-refractivity contribution is 0.581. The van der Waals surface area contributed by atoms with Gasteiger partial charge < -0.3 is 4.57 Å². The van der Waals surface area contributed by atoms with Gasteiger partial charge in [-0.15, -0.1) is 0 Å². The van der Waals surface area contributed by atoms with Crippen molar-refractivity contribution < 1.29 is 4.39 Å². The molecule has 102 valence electrons. The predicted molar refractivity (Wildman–Crippen MR) is 76.3 cm³/mol. The second kappa shape index (κ2) is 5.03. The van der Waals surface area contributed by atoms with E-state index >= 15 is 0 Å². The summed E-state index contributed by atoms with van der Waals surface area (Å²) in [5.74, 6) is 6.24. The van der Waals surface area contributed by atoms with Gasteiger partial charge in [-0.1, -0.05) is 30.3 Å². The average molecular weight is 270 g/mol. The van der Waals surface area contributed by atoms with E-state index in [1.54, 1.807) is 18.3 Å². The van der Waals surface area contributed by atoms with Crippen molar-refractivity contribution in [1.82, 2.24) is 15.0 Å². The zero-order valence-electron chi connectivity index (χ0n) is 11.0. The molecule has 0 bridgehead atoms. The zero-order chi connectivity index (χ0) is 14.1. The SMILES string of the molecule is Cn1ccnc1C(NN)c1ccc(F)c2ccccc12. The van der Waals surface area contributed by atoms with Crippen LogP contribution in [0.2, 0.25) is 0 Å². The summed E-state index contributed by atoms with van der Waals surface area (Å²) in [6.45, 7) is 0. The molecule has 1 heterocycles. The molecule has 0 radical (unpaired) electrons. The fourth-order valence-corrected chi connectivity index (χ4v) is 2.50. The number of hydrogen-bond acceptors (Lipinski definition) is 3. The third kappa shape index (κ3) is 1.97. The van der Waals surface area contributed by atoms with Crippen LogP contribution in [-0.4, -0.2) is 9.55 Å². The minimum Gasteiger partial charge on any atom is -0.336 e. The van der Waals surface area contributed by atoms with Crippen molar-refractivity contribution in [2.75, 3.05) is 0 Å². The number of hydrogen-bond donors (Lipinski definition) is 2. The quantitative estimate of drug-likeness (QED) is 0.567. The van der Waals surface area contributed by atoms with E-state index in [1.807, 2.05) is 36.0 Å². The third-order valence-electron chi connectivity index (χ3n) is 3.50. The van der Waals surface area contributed by atoms with Gasteiger partial charge in [-0.05, 0) is 17.0 Å². The zero-order valence-corrected chi connectivity index (χ0v) is 11.0. The monoisotopic (exact) mass is 270 g/mol. The van der Waals surface area contributed by atoms with Gasteiger partial charge in [-0.25, -0.2) is 14.8 Å². The molecule has 4 nitrogen and oxygen atoms in total. The summed E-state index contributed by atoms with van der Waals surface area (Å²) >= 11 is 0. The number of benzene rings is 2. The molecule has 2 aromatic carbocycles. The van der Waals surface area contributed by atoms with E-state index < -0.39 is 0 Å². The highest BCUT2D eigenvalue weighted by Crippen LogP contribution is 2.29. The molecule has 0 aliphatic carbocycles. The van der Waals surface area contributed by atoms with E-state index in [0.29, 0.717) is 5.39 Å². The van der Waals surface area contributed by atoms with Crippen LogP contribution < -0.4 is 11.3 Å². The van der Waals surface area contributed by atoms with E-state index in [0.717, 1.165) is 16.8 Å². The Morgan fingerprint density at radius 3 is 2.60 bits per heavy atom. The fourth-order valence-electron chi connectivity index (χ4n) is 2.50. The minimum atomic E-state index is -0.291. The van der Waals surface area contributed by atoms with Crippen LogP contribution in [0.15, 0.2) is 48.8 Å². The highest BCUT2D eigenvalue weighted by molar-refractivity contribution is 5.87. The smallest absolute Gasteiger partial charge is 0.131 e. The third-order valence-corrected chi connectivity index (χ3v) is 3.50. The van der Waals surface area contributed by atoms with Crippen LogP contribution in [-0.2, 0) is 7.05 Å². The van der Waals surface area contributed by atoms with Gasteiger partial charge in [-0.3, -0.25) is 5.84 Å². The first-order valence-corrected chi connectivity index (χ1v) is 6.33. The summed E-state index contributed by atoms with van der Waals surface area (Å²) in [6, 6.07) is 10.3. The standard InChI is InChI=1S/C15H15FN4/c1-20-9-8-18-15(20)14(19-17)12-6-7-13(16)11-5-3-2-4-10(11)12/h2-9,14,19H,17H2,1H3. The van der Waals surface area contributed by atoms with Crippen LogP contribution in [0.4, 0.5) is 4.39 Å². The second-order valence-electron chi connectivity index (χ2n) is 4.68. The molecule has 1 unspecified atom stereocenters. The van der Waals surface area contributed by atoms with Gasteiger partial charge in [-0.2, -0.15) is 0 Å². The highest BCUT2D eigenvalue weighted by Gasteiger charge is 2.19. The Kier molecular flexibility index (Phi) is 3.22. The average Bonchev–Trinajstić information content (AvgIpc) is 2.89. The number of rotatable bonds is 3. The number of imidazole rings is 1. The summed E-state index contributed by atoms with van der Waals surface area (Å²) in [7, 11) is 1.90. The number of halogens is 1. The lowest BCUT2D eigenvalue weighted by atomic mass is 9.98. The van der Waals surface area contributed by atoms with Crippen molar-refractivity contribution in [3.63, 3.8) is 0 Å². The maximum absolute atomic E-state index is 13.9. The van der Waals surface area contributed by atoms with Gasteiger partial charge in [0.05, 0.1) is 0 Å². The molecule has 0 aliphatic heterocycles. The molecule has 1 atom stereocenters. The Morgan fingerprint density at radius 2 is 1.95 bits per heavy atom. The Morgan fingerprint density at radius 1 is 1.20 bits per heavy atom. The van der Waals surface area contributed by atoms with Crippen LogP contribution in [0.5, 0.6) is 0 Å². The van der Waals surface area contributed by atoms with Gasteiger partial charge in [0, 0.05) is 24.8 Å². The lowest BCUT2D eigenvalue weighted by Crippen LogP contribution is -2.31. The van der Waals surface area contributed by atoms with Gasteiger partial charge in [0.25, 0.3) is 0 Å². The molecular weight excluding hydrogens is 255 g/mol. The first kappa shape index (κ1) is 12.8. The van der Waals surface area contributed by atoms with Crippen LogP contribution >= 0.6 is 0 Å². The van der Waals surface area contributed by atoms with E-state index in [2.05, 4.69) is 10.4 Å². The normalized spacial score (nSPS) is 12.8. The first-order valence-electron chi connectivity index (χ1n) is 6.33. The molecule has 0 spiro atoms. The van der Waals surface area contributed by atoms with Crippen LogP contribution in [0.3, 0.4) is 0 Å². The number of nitrogens with zero attached hydrogens (tertiary/aromatic N) is 2. The molecule has 20 heavy (non-hydrogen) atoms. The van der Waals surface area contributed by atoms with Gasteiger partial charge >= 0.3 is 0 Å². The van der Waals surface area contributed by atoms with Crippen molar-refractivity contribution in [1.29, 1.82) is 0 Å². The van der Waals surface area contributed by atoms with Gasteiger partial charge in [0.15, 0.2) is 0 Å². The molecule has 3 rings (SSSR count). The number of aromatic nitrogens is 2. The molecule has 0 saturated heterocycles. The molecule has 0 aliphatic rings. The molecule has 5 heteroatoms. The van der Waals surface area contributed by atoms with Gasteiger partial charge in [0.2, 0.25) is 0 Å². The number of hydrazine groups is 1. The summed E-state index contributed by atoms with van der Waals surface area (Å²) in [5, 5.41) is 1.41. The molecule has 3 aromatic rings. The first-order chi connectivity index (χ1) is 9.72. The summed E-state index contributed by atoms with van der Waals surface area (Å²) in [5.41, 5.74) is 3.67. The van der Waals surface area contributed by atoms with Crippen LogP contribution in [0, 0.1) is 5.82 Å². The van der Waals surface area contributed by atoms with E-state index in [-0.39, 0.29) is 11.9 Å². The Hall–Kier alpha value is -2.24. The molecule has 3 N–H and O–H groups in total. The maximum Gasteiger partial charge on any atom is 0.131 e. The number of fused-ring (bicyclic) bond motifs is 1. The van der Waals surface area contributed by atoms with E-state index in [9.17, 15) is 4.39 Å². The van der Waals surface area contributed by atoms with Crippen molar-refractivity contribution in [3.05, 3.63) is 66.0 Å². The molecular formula is C15H15FN4. The fraction of sp³-hybridized carbons (Fsp3) is 0.133. The van der Waals surface area contributed by atoms with Crippen LogP contribution in [0.25, 0.3) is 10.8 Å². The van der Waals surface area contributed by atoms with Crippen LogP contribution in [0.1, 0.15) is 17.4 Å². The predicted octanol–water partition coefficient (Wildman–Crippen LogP) is 2.27. The maximum atomic E-state index is 13.9. The number of nitrogens with one attached hydrogen (secondary N) is 1. The lowest BCUT2D eigenvalue weighted by Gasteiger charge is -2.18. The Balaban J connectivity index is 2.23. The highest BCUT2D eigenvalue weighted by atomic mass is 19.1. The van der Waals surface area contributed by atoms with Crippen molar-refractivity contribution in [3.8, 4) is 0 Å². The Labute approximate surface area is 116 Å². The van der Waals surface area contributed by atoms with E-state index in [1.165, 1.54) is 6.07 Å². The molecule has 1 aromatic heterocycles. The van der Waals surface area contributed by atoms with Gasteiger partial charge in [0.1, 0.15) is 17.7 Å². The summed E-state index contributed by atoms with van der Waals surface area (Å²) in [6.07, 6.45) is 3.57. The molecule has 0 saturated carbocycles. The summed E-state index contributed by atoms with van der Waals surface area (Å²) < 4.78 is 15.8. The minimum absolute atomic E-state index is 0.236. The summed E-state index contributed by atoms with van der Waals surface area (Å²) in [4.78, 5) is 4.32. The van der Waals surface area contributed by atoms with Crippen molar-refractivity contribution >= 4 is 10.8 Å². The Bertz CT molecular complexity index is 750. The van der Waals surface area contributed by atoms with E-state index in [4.69, 9.17) is 5.84 Å². The molecule has 0 amide bonds. The largest absolute Gasteiger partial charge is 0.336 e. The van der Waals surface area contributed by atoms with Crippen molar-refractivity contribution in [2.45, 2.75) is 6.04 Å². The van der Waals surface area contributed by atoms with Crippen molar-refractivity contribution in [2.24, 2.45) is 12.9 Å². The number of nitrogens with two attached hydrogens (primary N) is 1. The number of aryl methyl sites for hydroxylation is 1. The second-order valence-corrected chi connectivity index (χ2v) is 4.68. The molecule has 0 fully saturated rings. The topological polar surface area (TPSA) is 55.9 Å².